The first-order valence-corrected chi connectivity index (χ1v) is 9.88. The van der Waals surface area contributed by atoms with Gasteiger partial charge in [-0.25, -0.2) is 9.78 Å². The van der Waals surface area contributed by atoms with Crippen molar-refractivity contribution in [2.45, 2.75) is 6.92 Å². The maximum Gasteiger partial charge on any atom is 0.325 e. The van der Waals surface area contributed by atoms with E-state index in [1.54, 1.807) is 0 Å². The Morgan fingerprint density at radius 2 is 1.85 bits per heavy atom. The van der Waals surface area contributed by atoms with Crippen molar-refractivity contribution in [3.05, 3.63) is 48.0 Å². The summed E-state index contributed by atoms with van der Waals surface area (Å²) in [6, 6.07) is 13.8. The van der Waals surface area contributed by atoms with E-state index < -0.39 is 0 Å². The molecule has 2 aromatic carbocycles. The number of piperazine rings is 1. The van der Waals surface area contributed by atoms with Gasteiger partial charge in [0.15, 0.2) is 5.13 Å². The summed E-state index contributed by atoms with van der Waals surface area (Å²) in [5.74, 6) is 0. The maximum atomic E-state index is 12.4. The first-order chi connectivity index (χ1) is 13.1. The molecule has 0 spiro atoms. The Kier molecular flexibility index (Phi) is 4.96. The molecule has 1 aliphatic rings. The van der Waals surface area contributed by atoms with Crippen LogP contribution in [0.3, 0.4) is 0 Å². The minimum Gasteiger partial charge on any atom is -0.369 e. The number of nitrogens with one attached hydrogen (secondary N) is 2. The number of amides is 2. The molecular formula is C20H23N5OS. The molecule has 0 aliphatic carbocycles. The van der Waals surface area contributed by atoms with Gasteiger partial charge in [0.1, 0.15) is 0 Å². The van der Waals surface area contributed by atoms with Gasteiger partial charge in [0.05, 0.1) is 10.2 Å². The van der Waals surface area contributed by atoms with E-state index in [0.29, 0.717) is 5.13 Å². The number of para-hydroxylation sites is 1. The van der Waals surface area contributed by atoms with E-state index in [1.807, 2.05) is 37.3 Å². The minimum absolute atomic E-state index is 0.274. The second-order valence-corrected chi connectivity index (χ2v) is 7.89. The molecule has 0 bridgehead atoms. The molecule has 2 heterocycles. The van der Waals surface area contributed by atoms with Crippen LogP contribution in [0.5, 0.6) is 0 Å². The number of hydrogen-bond donors (Lipinski definition) is 2. The van der Waals surface area contributed by atoms with E-state index in [-0.39, 0.29) is 6.03 Å². The van der Waals surface area contributed by atoms with Gasteiger partial charge in [0.2, 0.25) is 0 Å². The molecule has 0 unspecified atom stereocenters. The number of carbonyl (C=O) groups excluding carboxylic acids is 1. The van der Waals surface area contributed by atoms with E-state index in [4.69, 9.17) is 0 Å². The summed E-state index contributed by atoms with van der Waals surface area (Å²) >= 11 is 1.47. The molecule has 0 saturated carbocycles. The monoisotopic (exact) mass is 381 g/mol. The van der Waals surface area contributed by atoms with Crippen molar-refractivity contribution in [3.8, 4) is 0 Å². The third-order valence-corrected chi connectivity index (χ3v) is 5.79. The molecule has 0 atom stereocenters. The van der Waals surface area contributed by atoms with E-state index in [9.17, 15) is 4.79 Å². The molecule has 6 nitrogen and oxygen atoms in total. The van der Waals surface area contributed by atoms with Crippen LogP contribution in [-0.2, 0) is 0 Å². The quantitative estimate of drug-likeness (QED) is 0.720. The fraction of sp³-hybridized carbons (Fsp3) is 0.300. The molecule has 3 aromatic rings. The number of fused-ring (bicyclic) bond motifs is 1. The molecule has 140 valence electrons. The van der Waals surface area contributed by atoms with Crippen LogP contribution in [0, 0.1) is 6.92 Å². The largest absolute Gasteiger partial charge is 0.369 e. The highest BCUT2D eigenvalue weighted by Crippen LogP contribution is 2.26. The van der Waals surface area contributed by atoms with Gasteiger partial charge < -0.3 is 15.1 Å². The smallest absolute Gasteiger partial charge is 0.325 e. The third-order valence-electron chi connectivity index (χ3n) is 4.84. The highest BCUT2D eigenvalue weighted by Gasteiger charge is 2.15. The van der Waals surface area contributed by atoms with Crippen molar-refractivity contribution in [1.82, 2.24) is 9.88 Å². The summed E-state index contributed by atoms with van der Waals surface area (Å²) in [5, 5.41) is 6.36. The second-order valence-electron chi connectivity index (χ2n) is 6.86. The summed E-state index contributed by atoms with van der Waals surface area (Å²) in [6.07, 6.45) is 0. The zero-order chi connectivity index (χ0) is 18.8. The van der Waals surface area contributed by atoms with Crippen molar-refractivity contribution in [2.24, 2.45) is 0 Å². The van der Waals surface area contributed by atoms with Crippen LogP contribution < -0.4 is 15.5 Å². The zero-order valence-electron chi connectivity index (χ0n) is 15.5. The number of aryl methyl sites for hydroxylation is 1. The van der Waals surface area contributed by atoms with Gasteiger partial charge in [-0.1, -0.05) is 23.5 Å². The first-order valence-electron chi connectivity index (χ1n) is 9.06. The summed E-state index contributed by atoms with van der Waals surface area (Å²) < 4.78 is 1.06. The number of hydrogen-bond acceptors (Lipinski definition) is 5. The molecule has 2 N–H and O–H groups in total. The van der Waals surface area contributed by atoms with Gasteiger partial charge in [0.25, 0.3) is 0 Å². The van der Waals surface area contributed by atoms with Crippen molar-refractivity contribution in [2.75, 3.05) is 48.8 Å². The minimum atomic E-state index is -0.274. The first kappa shape index (κ1) is 17.8. The Labute approximate surface area is 162 Å². The second kappa shape index (κ2) is 7.54. The topological polar surface area (TPSA) is 60.5 Å². The van der Waals surface area contributed by atoms with E-state index >= 15 is 0 Å². The summed E-state index contributed by atoms with van der Waals surface area (Å²) in [7, 11) is 2.15. The number of nitrogens with zero attached hydrogens (tertiary/aromatic N) is 3. The molecule has 7 heteroatoms. The Morgan fingerprint density at radius 3 is 2.59 bits per heavy atom. The average molecular weight is 382 g/mol. The molecule has 1 aromatic heterocycles. The number of benzene rings is 2. The average Bonchev–Trinajstić information content (AvgIpc) is 3.06. The molecule has 4 rings (SSSR count). The van der Waals surface area contributed by atoms with Gasteiger partial charge >= 0.3 is 6.03 Å². The molecule has 1 aliphatic heterocycles. The maximum absolute atomic E-state index is 12.4. The van der Waals surface area contributed by atoms with Crippen LogP contribution >= 0.6 is 11.3 Å². The Morgan fingerprint density at radius 1 is 1.07 bits per heavy atom. The van der Waals surface area contributed by atoms with Crippen LogP contribution in [0.2, 0.25) is 0 Å². The van der Waals surface area contributed by atoms with Crippen molar-refractivity contribution >= 4 is 44.1 Å². The number of carbonyl (C=O) groups is 1. The highest BCUT2D eigenvalue weighted by atomic mass is 32.1. The van der Waals surface area contributed by atoms with Crippen molar-refractivity contribution in [1.29, 1.82) is 0 Å². The fourth-order valence-corrected chi connectivity index (χ4v) is 4.09. The Hall–Kier alpha value is -2.64. The number of rotatable bonds is 3. The van der Waals surface area contributed by atoms with Gasteiger partial charge in [0, 0.05) is 37.6 Å². The predicted molar refractivity (Wildman–Crippen MR) is 113 cm³/mol. The SMILES string of the molecule is Cc1cc(N2CCN(C)CC2)ccc1NC(=O)Nc1nc2ccccc2s1. The normalized spacial score (nSPS) is 15.1. The lowest BCUT2D eigenvalue weighted by Gasteiger charge is -2.34. The van der Waals surface area contributed by atoms with E-state index in [0.717, 1.165) is 47.6 Å². The predicted octanol–water partition coefficient (Wildman–Crippen LogP) is 4.00. The number of likely N-dealkylation sites (N-methyl/N-ethyl adjacent to an activating group) is 1. The lowest BCUT2D eigenvalue weighted by molar-refractivity contribution is 0.262. The Bertz CT molecular complexity index is 929. The molecule has 2 amide bonds. The van der Waals surface area contributed by atoms with Crippen molar-refractivity contribution < 1.29 is 4.79 Å². The van der Waals surface area contributed by atoms with Crippen LogP contribution in [0.15, 0.2) is 42.5 Å². The highest BCUT2D eigenvalue weighted by molar-refractivity contribution is 7.22. The summed E-state index contributed by atoms with van der Waals surface area (Å²) in [4.78, 5) is 21.5. The van der Waals surface area contributed by atoms with Gasteiger partial charge in [-0.05, 0) is 49.9 Å². The fourth-order valence-electron chi connectivity index (χ4n) is 3.23. The van der Waals surface area contributed by atoms with Crippen molar-refractivity contribution in [3.63, 3.8) is 0 Å². The van der Waals surface area contributed by atoms with Crippen LogP contribution in [0.1, 0.15) is 5.56 Å². The van der Waals surface area contributed by atoms with Gasteiger partial charge in [-0.15, -0.1) is 0 Å². The molecule has 1 saturated heterocycles. The zero-order valence-corrected chi connectivity index (χ0v) is 16.3. The summed E-state index contributed by atoms with van der Waals surface area (Å²) in [5.41, 5.74) is 3.96. The third kappa shape index (κ3) is 4.04. The van der Waals surface area contributed by atoms with Crippen LogP contribution in [0.4, 0.5) is 21.3 Å². The van der Waals surface area contributed by atoms with Gasteiger partial charge in [-0.3, -0.25) is 5.32 Å². The van der Waals surface area contributed by atoms with Gasteiger partial charge in [-0.2, -0.15) is 0 Å². The van der Waals surface area contributed by atoms with Crippen LogP contribution in [-0.4, -0.2) is 49.1 Å². The molecule has 1 fully saturated rings. The molecular weight excluding hydrogens is 358 g/mol. The standard InChI is InChI=1S/C20H23N5OS/c1-14-13-15(25-11-9-24(2)10-12-25)7-8-16(14)21-19(26)23-20-22-17-5-3-4-6-18(17)27-20/h3-8,13H,9-12H2,1-2H3,(H2,21,22,23,26). The lowest BCUT2D eigenvalue weighted by Crippen LogP contribution is -2.44. The van der Waals surface area contributed by atoms with E-state index in [2.05, 4.69) is 44.6 Å². The van der Waals surface area contributed by atoms with Crippen LogP contribution in [0.25, 0.3) is 10.2 Å². The Balaban J connectivity index is 1.41. The number of urea groups is 1. The molecule has 0 radical (unpaired) electrons. The number of thiazole rings is 1. The summed E-state index contributed by atoms with van der Waals surface area (Å²) in [6.45, 7) is 6.22. The lowest BCUT2D eigenvalue weighted by atomic mass is 10.1. The number of aromatic nitrogens is 1. The molecule has 27 heavy (non-hydrogen) atoms. The number of anilines is 3. The van der Waals surface area contributed by atoms with E-state index in [1.165, 1.54) is 17.0 Å².